The van der Waals surface area contributed by atoms with Crippen molar-refractivity contribution < 1.29 is 15.0 Å². The van der Waals surface area contributed by atoms with Crippen LogP contribution in [0.15, 0.2) is 71.3 Å². The lowest BCUT2D eigenvalue weighted by atomic mass is 9.96. The van der Waals surface area contributed by atoms with Gasteiger partial charge in [-0.1, -0.05) is 42.3 Å². The number of amides is 1. The highest BCUT2D eigenvalue weighted by Crippen LogP contribution is 2.33. The van der Waals surface area contributed by atoms with E-state index in [4.69, 9.17) is 10.1 Å². The molecule has 3 aromatic rings. The third kappa shape index (κ3) is 6.56. The van der Waals surface area contributed by atoms with Crippen LogP contribution in [-0.4, -0.2) is 58.5 Å². The normalized spacial score (nSPS) is 14.3. The monoisotopic (exact) mass is 496 g/mol. The highest BCUT2D eigenvalue weighted by molar-refractivity contribution is 6.23. The van der Waals surface area contributed by atoms with Crippen molar-refractivity contribution in [2.24, 2.45) is 4.99 Å². The number of rotatable bonds is 7. The third-order valence-corrected chi connectivity index (χ3v) is 5.93. The smallest absolute Gasteiger partial charge is 0.296 e. The van der Waals surface area contributed by atoms with Gasteiger partial charge >= 0.3 is 0 Å². The van der Waals surface area contributed by atoms with Crippen LogP contribution in [0.1, 0.15) is 36.5 Å². The van der Waals surface area contributed by atoms with Gasteiger partial charge in [0.25, 0.3) is 5.91 Å². The van der Waals surface area contributed by atoms with E-state index in [9.17, 15) is 9.90 Å². The molecule has 1 amide bonds. The van der Waals surface area contributed by atoms with Crippen molar-refractivity contribution in [2.75, 3.05) is 20.7 Å². The zero-order chi connectivity index (χ0) is 26.4. The van der Waals surface area contributed by atoms with Gasteiger partial charge in [0, 0.05) is 23.4 Å². The number of aliphatic imine (C=N–C) groups is 1. The van der Waals surface area contributed by atoms with Gasteiger partial charge in [-0.2, -0.15) is 0 Å². The molecule has 0 saturated heterocycles. The van der Waals surface area contributed by atoms with E-state index in [-0.39, 0.29) is 18.5 Å². The zero-order valence-corrected chi connectivity index (χ0v) is 21.4. The number of nitrogens with one attached hydrogen (secondary N) is 2. The first-order chi connectivity index (χ1) is 17.8. The first-order valence-corrected chi connectivity index (χ1v) is 12.3. The fourth-order valence-corrected chi connectivity index (χ4v) is 4.16. The van der Waals surface area contributed by atoms with Crippen LogP contribution in [0.5, 0.6) is 5.88 Å². The van der Waals surface area contributed by atoms with Gasteiger partial charge in [-0.15, -0.1) is 0 Å². The Bertz CT molecular complexity index is 1430. The maximum atomic E-state index is 11.9. The molecule has 1 aromatic heterocycles. The summed E-state index contributed by atoms with van der Waals surface area (Å²) in [6.45, 7) is 2.39. The van der Waals surface area contributed by atoms with Crippen molar-refractivity contribution >= 4 is 28.2 Å². The summed E-state index contributed by atoms with van der Waals surface area (Å²) in [5.41, 5.74) is 5.59. The molecular weight excluding hydrogens is 464 g/mol. The number of nitrogens with zero attached hydrogens (tertiary/aromatic N) is 2. The minimum Gasteiger partial charge on any atom is -0.494 e. The van der Waals surface area contributed by atoms with Crippen molar-refractivity contribution in [3.8, 4) is 17.7 Å². The maximum Gasteiger partial charge on any atom is 0.296 e. The average molecular weight is 497 g/mol. The van der Waals surface area contributed by atoms with Crippen LogP contribution in [0.3, 0.4) is 0 Å². The first-order valence-electron chi connectivity index (χ1n) is 12.3. The van der Waals surface area contributed by atoms with E-state index in [0.29, 0.717) is 22.4 Å². The van der Waals surface area contributed by atoms with Gasteiger partial charge < -0.3 is 25.4 Å². The Kier molecular flexibility index (Phi) is 8.24. The molecule has 0 unspecified atom stereocenters. The van der Waals surface area contributed by atoms with Crippen molar-refractivity contribution in [1.29, 1.82) is 0 Å². The molecule has 0 aliphatic heterocycles. The molecule has 1 heterocycles. The second-order valence-electron chi connectivity index (χ2n) is 9.42. The molecule has 37 heavy (non-hydrogen) atoms. The number of aliphatic hydroxyl groups is 1. The minimum atomic E-state index is -0.460. The number of aromatic amines is 1. The van der Waals surface area contributed by atoms with Gasteiger partial charge in [0.1, 0.15) is 0 Å². The molecular formula is C30H32N4O3. The molecule has 4 rings (SSSR count). The topological polar surface area (TPSA) is 101 Å². The van der Waals surface area contributed by atoms with E-state index in [1.54, 1.807) is 13.0 Å². The highest BCUT2D eigenvalue weighted by Gasteiger charge is 2.20. The van der Waals surface area contributed by atoms with Crippen molar-refractivity contribution in [3.05, 3.63) is 83.0 Å². The van der Waals surface area contributed by atoms with Crippen LogP contribution in [0.2, 0.25) is 0 Å². The number of hydrogen-bond donors (Lipinski definition) is 4. The molecule has 7 heteroatoms. The predicted octanol–water partition coefficient (Wildman–Crippen LogP) is 4.18. The van der Waals surface area contributed by atoms with Crippen LogP contribution in [0, 0.1) is 11.8 Å². The molecule has 0 fully saturated rings. The summed E-state index contributed by atoms with van der Waals surface area (Å²) in [4.78, 5) is 22.1. The molecule has 0 saturated carbocycles. The summed E-state index contributed by atoms with van der Waals surface area (Å²) in [6, 6.07) is 13.3. The molecule has 2 aromatic carbocycles. The van der Waals surface area contributed by atoms with Crippen molar-refractivity contribution in [3.63, 3.8) is 0 Å². The highest BCUT2D eigenvalue weighted by atomic mass is 16.3. The van der Waals surface area contributed by atoms with Gasteiger partial charge in [0.2, 0.25) is 0 Å². The molecule has 7 nitrogen and oxygen atoms in total. The summed E-state index contributed by atoms with van der Waals surface area (Å²) >= 11 is 0. The Labute approximate surface area is 217 Å². The minimum absolute atomic E-state index is 0.0254. The Morgan fingerprint density at radius 1 is 1.19 bits per heavy atom. The predicted molar refractivity (Wildman–Crippen MR) is 148 cm³/mol. The Hall–Kier alpha value is -4.12. The molecule has 0 spiro atoms. The molecule has 1 aliphatic rings. The molecule has 190 valence electrons. The zero-order valence-electron chi connectivity index (χ0n) is 21.4. The van der Waals surface area contributed by atoms with E-state index in [1.807, 2.05) is 44.4 Å². The number of benzene rings is 2. The van der Waals surface area contributed by atoms with Gasteiger partial charge in [0.15, 0.2) is 5.88 Å². The quantitative estimate of drug-likeness (QED) is 0.291. The second kappa shape index (κ2) is 11.7. The maximum absolute atomic E-state index is 11.9. The number of allylic oxidation sites excluding steroid dienone is 4. The fraction of sp³-hybridized carbons (Fsp3) is 0.267. The summed E-state index contributed by atoms with van der Waals surface area (Å²) < 4.78 is 0. The number of fused-ring (bicyclic) bond motifs is 1. The van der Waals surface area contributed by atoms with Crippen molar-refractivity contribution in [2.45, 2.75) is 32.4 Å². The van der Waals surface area contributed by atoms with Crippen molar-refractivity contribution in [1.82, 2.24) is 15.2 Å². The third-order valence-electron chi connectivity index (χ3n) is 5.93. The summed E-state index contributed by atoms with van der Waals surface area (Å²) in [5, 5.41) is 23.5. The first kappa shape index (κ1) is 26.0. The lowest BCUT2D eigenvalue weighted by molar-refractivity contribution is -0.116. The number of aliphatic hydroxyl groups excluding tert-OH is 1. The van der Waals surface area contributed by atoms with E-state index < -0.39 is 5.91 Å². The SMILES string of the molecule is C[C@H](CO)NC(=O)C#Cc1ccc2c(C(=Nc3ccc(CN(C)C)cc3)C3=CCCC=C3)c(O)[nH]c2c1. The summed E-state index contributed by atoms with van der Waals surface area (Å²) in [7, 11) is 4.07. The van der Waals surface area contributed by atoms with E-state index >= 15 is 0 Å². The number of aromatic nitrogens is 1. The van der Waals surface area contributed by atoms with E-state index in [2.05, 4.69) is 51.3 Å². The number of hydrogen-bond acceptors (Lipinski definition) is 5. The lowest BCUT2D eigenvalue weighted by Gasteiger charge is -2.12. The average Bonchev–Trinajstić information content (AvgIpc) is 3.21. The van der Waals surface area contributed by atoms with Gasteiger partial charge in [-0.3, -0.25) is 4.79 Å². The van der Waals surface area contributed by atoms with Crippen LogP contribution in [0.25, 0.3) is 10.9 Å². The number of H-pyrrole nitrogens is 1. The second-order valence-corrected chi connectivity index (χ2v) is 9.42. The van der Waals surface area contributed by atoms with Gasteiger partial charge in [-0.25, -0.2) is 4.99 Å². The molecule has 0 radical (unpaired) electrons. The van der Waals surface area contributed by atoms with E-state index in [0.717, 1.165) is 36.0 Å². The standard InChI is InChI=1S/C30H32N4O3/c1-20(19-35)31-27(36)16-12-21-11-15-25-26(17-21)33-30(37)28(25)29(23-7-5-4-6-8-23)32-24-13-9-22(10-14-24)18-34(2)3/h5,7-11,13-15,17,20,33,35,37H,4,6,18-19H2,1-3H3,(H,31,36)/t20-/m1/s1. The Balaban J connectivity index is 1.72. The summed E-state index contributed by atoms with van der Waals surface area (Å²) in [6.07, 6.45) is 8.19. The number of carbonyl (C=O) groups is 1. The van der Waals surface area contributed by atoms with E-state index in [1.165, 1.54) is 5.56 Å². The van der Waals surface area contributed by atoms with Gasteiger partial charge in [0.05, 0.1) is 35.1 Å². The van der Waals surface area contributed by atoms with Gasteiger partial charge in [-0.05, 0) is 69.3 Å². The molecule has 1 aliphatic carbocycles. The molecule has 0 bridgehead atoms. The van der Waals surface area contributed by atoms with Crippen LogP contribution in [-0.2, 0) is 11.3 Å². The largest absolute Gasteiger partial charge is 0.494 e. The fourth-order valence-electron chi connectivity index (χ4n) is 4.16. The molecule has 1 atom stereocenters. The molecule has 4 N–H and O–H groups in total. The van der Waals surface area contributed by atoms with Crippen LogP contribution < -0.4 is 5.32 Å². The Morgan fingerprint density at radius 2 is 1.97 bits per heavy atom. The van der Waals surface area contributed by atoms with Crippen LogP contribution >= 0.6 is 0 Å². The Morgan fingerprint density at radius 3 is 2.65 bits per heavy atom. The number of carbonyl (C=O) groups excluding carboxylic acids is 1. The summed E-state index contributed by atoms with van der Waals surface area (Å²) in [5.74, 6) is 4.95. The number of aromatic hydroxyl groups is 1. The lowest BCUT2D eigenvalue weighted by Crippen LogP contribution is -2.33. The van der Waals surface area contributed by atoms with Crippen LogP contribution in [0.4, 0.5) is 5.69 Å².